The van der Waals surface area contributed by atoms with E-state index in [2.05, 4.69) is 31.3 Å². The summed E-state index contributed by atoms with van der Waals surface area (Å²) < 4.78 is 5.68. The maximum Gasteiger partial charge on any atom is 0.119 e. The molecule has 0 amide bonds. The summed E-state index contributed by atoms with van der Waals surface area (Å²) in [5.41, 5.74) is 1.26. The molecule has 1 rings (SSSR count). The van der Waals surface area contributed by atoms with Crippen LogP contribution in [0.25, 0.3) is 0 Å². The minimum atomic E-state index is 0.700. The molecule has 2 nitrogen and oxygen atoms in total. The Morgan fingerprint density at radius 1 is 1.33 bits per heavy atom. The van der Waals surface area contributed by atoms with Crippen molar-refractivity contribution in [1.29, 1.82) is 0 Å². The minimum Gasteiger partial charge on any atom is -0.494 e. The lowest BCUT2D eigenvalue weighted by Crippen LogP contribution is -2.06. The van der Waals surface area contributed by atoms with Gasteiger partial charge in [-0.05, 0) is 37.1 Å². The number of ether oxygens (including phenoxy) is 1. The van der Waals surface area contributed by atoms with E-state index in [0.717, 1.165) is 25.3 Å². The molecule has 1 N–H and O–H groups in total. The van der Waals surface area contributed by atoms with E-state index in [4.69, 9.17) is 4.74 Å². The van der Waals surface area contributed by atoms with E-state index in [1.165, 1.54) is 5.56 Å². The van der Waals surface area contributed by atoms with E-state index in [9.17, 15) is 0 Å². The molecule has 0 atom stereocenters. The largest absolute Gasteiger partial charge is 0.494 e. The van der Waals surface area contributed by atoms with Crippen molar-refractivity contribution >= 4 is 0 Å². The molecular weight excluding hydrogens is 186 g/mol. The van der Waals surface area contributed by atoms with Crippen molar-refractivity contribution in [3.8, 4) is 5.75 Å². The summed E-state index contributed by atoms with van der Waals surface area (Å²) in [5.74, 6) is 1.67. The van der Waals surface area contributed by atoms with E-state index in [1.54, 1.807) is 0 Å². The number of hydrogen-bond donors (Lipinski definition) is 1. The van der Waals surface area contributed by atoms with Crippen LogP contribution in [0.3, 0.4) is 0 Å². The Labute approximate surface area is 92.6 Å². The van der Waals surface area contributed by atoms with Crippen LogP contribution in [0.1, 0.15) is 25.8 Å². The maximum absolute atomic E-state index is 5.68. The van der Waals surface area contributed by atoms with Crippen LogP contribution in [0.5, 0.6) is 5.75 Å². The Hall–Kier alpha value is -1.02. The van der Waals surface area contributed by atoms with Crippen molar-refractivity contribution in [2.45, 2.75) is 26.8 Å². The Kier molecular flexibility index (Phi) is 5.19. The first-order valence-corrected chi connectivity index (χ1v) is 5.58. The SMILES string of the molecule is CNCc1cccc(OCCC(C)C)c1. The molecule has 2 heteroatoms. The maximum atomic E-state index is 5.68. The van der Waals surface area contributed by atoms with Crippen molar-refractivity contribution in [2.24, 2.45) is 5.92 Å². The average Bonchev–Trinajstić information content (AvgIpc) is 2.18. The molecule has 0 heterocycles. The molecule has 0 fully saturated rings. The Balaban J connectivity index is 2.43. The highest BCUT2D eigenvalue weighted by Crippen LogP contribution is 2.14. The summed E-state index contributed by atoms with van der Waals surface area (Å²) >= 11 is 0. The molecule has 15 heavy (non-hydrogen) atoms. The highest BCUT2D eigenvalue weighted by Gasteiger charge is 1.97. The molecule has 0 aromatic heterocycles. The van der Waals surface area contributed by atoms with Crippen LogP contribution >= 0.6 is 0 Å². The summed E-state index contributed by atoms with van der Waals surface area (Å²) in [6.45, 7) is 6.11. The second-order valence-electron chi connectivity index (χ2n) is 4.21. The van der Waals surface area contributed by atoms with E-state index < -0.39 is 0 Å². The summed E-state index contributed by atoms with van der Waals surface area (Å²) in [6.07, 6.45) is 1.11. The monoisotopic (exact) mass is 207 g/mol. The first-order valence-electron chi connectivity index (χ1n) is 5.58. The molecular formula is C13H21NO. The van der Waals surface area contributed by atoms with Gasteiger partial charge in [0.25, 0.3) is 0 Å². The Morgan fingerprint density at radius 3 is 2.80 bits per heavy atom. The number of nitrogens with one attached hydrogen (secondary N) is 1. The zero-order valence-electron chi connectivity index (χ0n) is 9.92. The van der Waals surface area contributed by atoms with Gasteiger partial charge in [0.1, 0.15) is 5.75 Å². The molecule has 0 aliphatic carbocycles. The van der Waals surface area contributed by atoms with E-state index in [-0.39, 0.29) is 0 Å². The molecule has 0 aliphatic heterocycles. The number of hydrogen-bond acceptors (Lipinski definition) is 2. The Bertz CT molecular complexity index is 284. The van der Waals surface area contributed by atoms with Crippen molar-refractivity contribution in [2.75, 3.05) is 13.7 Å². The zero-order valence-corrected chi connectivity index (χ0v) is 9.92. The predicted octanol–water partition coefficient (Wildman–Crippen LogP) is 2.83. The molecule has 0 unspecified atom stereocenters. The third kappa shape index (κ3) is 4.84. The molecule has 0 bridgehead atoms. The van der Waals surface area contributed by atoms with Crippen LogP contribution in [-0.2, 0) is 6.54 Å². The molecule has 84 valence electrons. The van der Waals surface area contributed by atoms with E-state index >= 15 is 0 Å². The summed E-state index contributed by atoms with van der Waals surface area (Å²) in [4.78, 5) is 0. The fourth-order valence-corrected chi connectivity index (χ4v) is 1.36. The van der Waals surface area contributed by atoms with Crippen molar-refractivity contribution in [1.82, 2.24) is 5.32 Å². The van der Waals surface area contributed by atoms with Gasteiger partial charge in [-0.3, -0.25) is 0 Å². The van der Waals surface area contributed by atoms with Crippen LogP contribution in [-0.4, -0.2) is 13.7 Å². The molecule has 0 saturated heterocycles. The van der Waals surface area contributed by atoms with Gasteiger partial charge in [0.15, 0.2) is 0 Å². The minimum absolute atomic E-state index is 0.700. The average molecular weight is 207 g/mol. The van der Waals surface area contributed by atoms with Gasteiger partial charge in [-0.15, -0.1) is 0 Å². The summed E-state index contributed by atoms with van der Waals surface area (Å²) in [7, 11) is 1.95. The molecule has 0 spiro atoms. The van der Waals surface area contributed by atoms with Crippen LogP contribution in [0, 0.1) is 5.92 Å². The van der Waals surface area contributed by atoms with Crippen LogP contribution in [0.4, 0.5) is 0 Å². The third-order valence-electron chi connectivity index (χ3n) is 2.24. The van der Waals surface area contributed by atoms with E-state index in [1.807, 2.05) is 19.2 Å². The van der Waals surface area contributed by atoms with Gasteiger partial charge < -0.3 is 10.1 Å². The Morgan fingerprint density at radius 2 is 2.13 bits per heavy atom. The predicted molar refractivity (Wildman–Crippen MR) is 64.2 cm³/mol. The lowest BCUT2D eigenvalue weighted by molar-refractivity contribution is 0.289. The normalized spacial score (nSPS) is 10.7. The fourth-order valence-electron chi connectivity index (χ4n) is 1.36. The zero-order chi connectivity index (χ0) is 11.1. The summed E-state index contributed by atoms with van der Waals surface area (Å²) in [6, 6.07) is 8.25. The standard InChI is InChI=1S/C13H21NO/c1-11(2)7-8-15-13-6-4-5-12(9-13)10-14-3/h4-6,9,11,14H,7-8,10H2,1-3H3. The highest BCUT2D eigenvalue weighted by molar-refractivity contribution is 5.28. The molecule has 1 aromatic carbocycles. The van der Waals surface area contributed by atoms with Gasteiger partial charge in [-0.1, -0.05) is 26.0 Å². The van der Waals surface area contributed by atoms with Crippen molar-refractivity contribution in [3.05, 3.63) is 29.8 Å². The summed E-state index contributed by atoms with van der Waals surface area (Å²) in [5, 5.41) is 3.13. The number of benzene rings is 1. The third-order valence-corrected chi connectivity index (χ3v) is 2.24. The first kappa shape index (κ1) is 12.1. The first-order chi connectivity index (χ1) is 7.22. The highest BCUT2D eigenvalue weighted by atomic mass is 16.5. The van der Waals surface area contributed by atoms with Crippen LogP contribution in [0.2, 0.25) is 0 Å². The fraction of sp³-hybridized carbons (Fsp3) is 0.538. The number of rotatable bonds is 6. The van der Waals surface area contributed by atoms with Crippen molar-refractivity contribution < 1.29 is 4.74 Å². The lowest BCUT2D eigenvalue weighted by Gasteiger charge is -2.09. The molecule has 1 aromatic rings. The van der Waals surface area contributed by atoms with Crippen LogP contribution < -0.4 is 10.1 Å². The molecule has 0 radical (unpaired) electrons. The van der Waals surface area contributed by atoms with Gasteiger partial charge in [0, 0.05) is 6.54 Å². The van der Waals surface area contributed by atoms with Gasteiger partial charge in [0.2, 0.25) is 0 Å². The topological polar surface area (TPSA) is 21.3 Å². The van der Waals surface area contributed by atoms with Crippen molar-refractivity contribution in [3.63, 3.8) is 0 Å². The second kappa shape index (κ2) is 6.46. The van der Waals surface area contributed by atoms with Gasteiger partial charge in [0.05, 0.1) is 6.61 Å². The molecule has 0 saturated carbocycles. The van der Waals surface area contributed by atoms with Gasteiger partial charge in [-0.25, -0.2) is 0 Å². The molecule has 0 aliphatic rings. The second-order valence-corrected chi connectivity index (χ2v) is 4.21. The quantitative estimate of drug-likeness (QED) is 0.774. The van der Waals surface area contributed by atoms with E-state index in [0.29, 0.717) is 5.92 Å². The lowest BCUT2D eigenvalue weighted by atomic mass is 10.1. The smallest absolute Gasteiger partial charge is 0.119 e. The van der Waals surface area contributed by atoms with Gasteiger partial charge >= 0.3 is 0 Å². The van der Waals surface area contributed by atoms with Crippen LogP contribution in [0.15, 0.2) is 24.3 Å². The van der Waals surface area contributed by atoms with Gasteiger partial charge in [-0.2, -0.15) is 0 Å².